The molecular weight excluding hydrogens is 207 g/mol. The molecule has 2 aromatic rings. The molecule has 1 fully saturated rings. The minimum atomic E-state index is -0.316. The van der Waals surface area contributed by atoms with Gasteiger partial charge in [-0.05, 0) is 17.5 Å². The Morgan fingerprint density at radius 1 is 1.31 bits per heavy atom. The fourth-order valence-corrected chi connectivity index (χ4v) is 2.04. The van der Waals surface area contributed by atoms with Crippen LogP contribution in [0.2, 0.25) is 0 Å². The van der Waals surface area contributed by atoms with Gasteiger partial charge in [0.15, 0.2) is 0 Å². The van der Waals surface area contributed by atoms with E-state index in [-0.39, 0.29) is 11.9 Å². The van der Waals surface area contributed by atoms with Crippen molar-refractivity contribution in [2.75, 3.05) is 18.0 Å². The SMILES string of the molecule is OC1CN(c2nccc3cccc(F)c23)C1. The number of halogens is 1. The lowest BCUT2D eigenvalue weighted by Gasteiger charge is -2.37. The van der Waals surface area contributed by atoms with Crippen molar-refractivity contribution in [3.05, 3.63) is 36.3 Å². The van der Waals surface area contributed by atoms with Gasteiger partial charge >= 0.3 is 0 Å². The van der Waals surface area contributed by atoms with Gasteiger partial charge in [0.1, 0.15) is 11.6 Å². The number of aliphatic hydroxyl groups excluding tert-OH is 1. The number of hydrogen-bond donors (Lipinski definition) is 1. The van der Waals surface area contributed by atoms with Crippen molar-refractivity contribution in [2.45, 2.75) is 6.10 Å². The minimum Gasteiger partial charge on any atom is -0.389 e. The fourth-order valence-electron chi connectivity index (χ4n) is 2.04. The first kappa shape index (κ1) is 9.54. The van der Waals surface area contributed by atoms with E-state index in [0.717, 1.165) is 5.39 Å². The molecule has 16 heavy (non-hydrogen) atoms. The Labute approximate surface area is 92.1 Å². The zero-order valence-electron chi connectivity index (χ0n) is 8.60. The highest BCUT2D eigenvalue weighted by Crippen LogP contribution is 2.29. The maximum absolute atomic E-state index is 13.7. The van der Waals surface area contributed by atoms with Crippen LogP contribution >= 0.6 is 0 Å². The van der Waals surface area contributed by atoms with Crippen LogP contribution in [-0.4, -0.2) is 29.3 Å². The molecule has 3 nitrogen and oxygen atoms in total. The number of pyridine rings is 1. The zero-order valence-corrected chi connectivity index (χ0v) is 8.60. The van der Waals surface area contributed by atoms with Crippen LogP contribution in [0.25, 0.3) is 10.8 Å². The summed E-state index contributed by atoms with van der Waals surface area (Å²) in [4.78, 5) is 6.08. The molecule has 2 heterocycles. The Bertz CT molecular complexity index is 532. The van der Waals surface area contributed by atoms with Gasteiger partial charge < -0.3 is 10.0 Å². The maximum Gasteiger partial charge on any atom is 0.139 e. The molecule has 0 radical (unpaired) electrons. The predicted octanol–water partition coefficient (Wildman–Crippen LogP) is 1.55. The van der Waals surface area contributed by atoms with Gasteiger partial charge in [-0.3, -0.25) is 0 Å². The van der Waals surface area contributed by atoms with Crippen LogP contribution in [0.4, 0.5) is 10.2 Å². The first-order chi connectivity index (χ1) is 7.75. The Morgan fingerprint density at radius 3 is 2.88 bits per heavy atom. The monoisotopic (exact) mass is 218 g/mol. The third kappa shape index (κ3) is 1.34. The molecule has 3 rings (SSSR count). The van der Waals surface area contributed by atoms with Gasteiger partial charge in [-0.25, -0.2) is 9.37 Å². The van der Waals surface area contributed by atoms with Crippen molar-refractivity contribution < 1.29 is 9.50 Å². The largest absolute Gasteiger partial charge is 0.389 e. The van der Waals surface area contributed by atoms with E-state index >= 15 is 0 Å². The maximum atomic E-state index is 13.7. The summed E-state index contributed by atoms with van der Waals surface area (Å²) in [7, 11) is 0. The van der Waals surface area contributed by atoms with Gasteiger partial charge in [0, 0.05) is 19.3 Å². The third-order valence-electron chi connectivity index (χ3n) is 2.88. The van der Waals surface area contributed by atoms with Crippen LogP contribution in [-0.2, 0) is 0 Å². The molecule has 0 aliphatic carbocycles. The van der Waals surface area contributed by atoms with E-state index in [1.165, 1.54) is 6.07 Å². The molecule has 0 amide bonds. The lowest BCUT2D eigenvalue weighted by atomic mass is 10.1. The molecule has 82 valence electrons. The van der Waals surface area contributed by atoms with E-state index in [0.29, 0.717) is 24.3 Å². The summed E-state index contributed by atoms with van der Waals surface area (Å²) in [6, 6.07) is 6.77. The molecule has 0 saturated carbocycles. The highest BCUT2D eigenvalue weighted by molar-refractivity contribution is 5.92. The highest BCUT2D eigenvalue weighted by Gasteiger charge is 2.27. The van der Waals surface area contributed by atoms with E-state index in [4.69, 9.17) is 0 Å². The quantitative estimate of drug-likeness (QED) is 0.789. The smallest absolute Gasteiger partial charge is 0.139 e. The van der Waals surface area contributed by atoms with E-state index in [9.17, 15) is 9.50 Å². The first-order valence-electron chi connectivity index (χ1n) is 5.22. The molecule has 1 aromatic carbocycles. The van der Waals surface area contributed by atoms with Crippen LogP contribution in [0, 0.1) is 5.82 Å². The second kappa shape index (κ2) is 3.42. The summed E-state index contributed by atoms with van der Waals surface area (Å²) in [5, 5.41) is 10.6. The second-order valence-corrected chi connectivity index (χ2v) is 4.03. The number of nitrogens with zero attached hydrogens (tertiary/aromatic N) is 2. The van der Waals surface area contributed by atoms with Crippen LogP contribution in [0.1, 0.15) is 0 Å². The van der Waals surface area contributed by atoms with Crippen molar-refractivity contribution in [3.63, 3.8) is 0 Å². The predicted molar refractivity (Wildman–Crippen MR) is 59.9 cm³/mol. The zero-order chi connectivity index (χ0) is 11.1. The Morgan fingerprint density at radius 2 is 2.12 bits per heavy atom. The first-order valence-corrected chi connectivity index (χ1v) is 5.22. The van der Waals surface area contributed by atoms with E-state index in [2.05, 4.69) is 4.98 Å². The number of aliphatic hydroxyl groups is 1. The van der Waals surface area contributed by atoms with Crippen molar-refractivity contribution in [1.82, 2.24) is 4.98 Å². The Kier molecular flexibility index (Phi) is 2.04. The van der Waals surface area contributed by atoms with Gasteiger partial charge in [-0.2, -0.15) is 0 Å². The second-order valence-electron chi connectivity index (χ2n) is 4.03. The highest BCUT2D eigenvalue weighted by atomic mass is 19.1. The van der Waals surface area contributed by atoms with Gasteiger partial charge in [0.25, 0.3) is 0 Å². The molecule has 0 bridgehead atoms. The summed E-state index contributed by atoms with van der Waals surface area (Å²) in [6.45, 7) is 1.06. The summed E-state index contributed by atoms with van der Waals surface area (Å²) in [6.07, 6.45) is 1.35. The molecule has 1 aromatic heterocycles. The number of anilines is 1. The molecule has 1 N–H and O–H groups in total. The van der Waals surface area contributed by atoms with Crippen molar-refractivity contribution >= 4 is 16.6 Å². The third-order valence-corrected chi connectivity index (χ3v) is 2.88. The average molecular weight is 218 g/mol. The van der Waals surface area contributed by atoms with Crippen molar-refractivity contribution in [1.29, 1.82) is 0 Å². The minimum absolute atomic E-state index is 0.262. The summed E-state index contributed by atoms with van der Waals surface area (Å²) in [5.41, 5.74) is 0. The number of hydrogen-bond acceptors (Lipinski definition) is 3. The molecular formula is C12H11FN2O. The van der Waals surface area contributed by atoms with Gasteiger partial charge in [0.05, 0.1) is 11.5 Å². The molecule has 4 heteroatoms. The van der Waals surface area contributed by atoms with Gasteiger partial charge in [-0.1, -0.05) is 12.1 Å². The van der Waals surface area contributed by atoms with E-state index in [1.807, 2.05) is 11.0 Å². The topological polar surface area (TPSA) is 36.4 Å². The number of benzene rings is 1. The lowest BCUT2D eigenvalue weighted by Crippen LogP contribution is -2.51. The normalized spacial score (nSPS) is 16.5. The van der Waals surface area contributed by atoms with Crippen LogP contribution in [0.15, 0.2) is 30.5 Å². The van der Waals surface area contributed by atoms with Crippen molar-refractivity contribution in [2.24, 2.45) is 0 Å². The molecule has 0 atom stereocenters. The van der Waals surface area contributed by atoms with Crippen LogP contribution in [0.3, 0.4) is 0 Å². The van der Waals surface area contributed by atoms with Crippen LogP contribution < -0.4 is 4.90 Å². The van der Waals surface area contributed by atoms with Gasteiger partial charge in [-0.15, -0.1) is 0 Å². The number of β-amino-alcohol motifs (C(OH)–C–C–N with tert-alkyl or cyclic N) is 1. The molecule has 1 aliphatic rings. The number of aromatic nitrogens is 1. The Hall–Kier alpha value is -1.68. The molecule has 0 unspecified atom stereocenters. The number of fused-ring (bicyclic) bond motifs is 1. The average Bonchev–Trinajstić information content (AvgIpc) is 2.25. The summed E-state index contributed by atoms with van der Waals surface area (Å²) in [5.74, 6) is 0.364. The van der Waals surface area contributed by atoms with Crippen molar-refractivity contribution in [3.8, 4) is 0 Å². The number of rotatable bonds is 1. The standard InChI is InChI=1S/C12H11FN2O/c13-10-3-1-2-8-4-5-14-12(11(8)10)15-6-9(16)7-15/h1-5,9,16H,6-7H2. The van der Waals surface area contributed by atoms with E-state index in [1.54, 1.807) is 18.3 Å². The van der Waals surface area contributed by atoms with Gasteiger partial charge in [0.2, 0.25) is 0 Å². The van der Waals surface area contributed by atoms with E-state index < -0.39 is 0 Å². The fraction of sp³-hybridized carbons (Fsp3) is 0.250. The molecule has 1 saturated heterocycles. The lowest BCUT2D eigenvalue weighted by molar-refractivity contribution is 0.141. The Balaban J connectivity index is 2.17. The summed E-state index contributed by atoms with van der Waals surface area (Å²) >= 11 is 0. The molecule has 1 aliphatic heterocycles. The van der Waals surface area contributed by atoms with Crippen LogP contribution in [0.5, 0.6) is 0 Å². The molecule has 0 spiro atoms. The summed E-state index contributed by atoms with van der Waals surface area (Å²) < 4.78 is 13.7.